The highest BCUT2D eigenvalue weighted by molar-refractivity contribution is 5.90. The number of ether oxygens (including phenoxy) is 2. The lowest BCUT2D eigenvalue weighted by molar-refractivity contribution is -0.142. The number of halogens is 1. The number of amides is 3. The Hall–Kier alpha value is -2.68. The highest BCUT2D eigenvalue weighted by atomic mass is 19.1. The van der Waals surface area contributed by atoms with E-state index < -0.39 is 17.3 Å². The third-order valence-corrected chi connectivity index (χ3v) is 6.66. The van der Waals surface area contributed by atoms with Crippen LogP contribution in [-0.4, -0.2) is 68.1 Å². The molecule has 2 heterocycles. The number of carbonyl (C=O) groups is 3. The Morgan fingerprint density at radius 3 is 2.71 bits per heavy atom. The summed E-state index contributed by atoms with van der Waals surface area (Å²) in [5.74, 6) is -0.553. The van der Waals surface area contributed by atoms with Gasteiger partial charge in [-0.15, -0.1) is 0 Å². The summed E-state index contributed by atoms with van der Waals surface area (Å²) in [6, 6.07) is 5.58. The zero-order valence-corrected chi connectivity index (χ0v) is 19.9. The van der Waals surface area contributed by atoms with E-state index >= 15 is 0 Å². The van der Waals surface area contributed by atoms with Crippen LogP contribution in [0.3, 0.4) is 0 Å². The van der Waals surface area contributed by atoms with Crippen molar-refractivity contribution in [3.8, 4) is 5.75 Å². The van der Waals surface area contributed by atoms with Crippen LogP contribution in [0.2, 0.25) is 0 Å². The number of nitrogens with one attached hydrogen (secondary N) is 2. The number of hydrogen-bond acceptors (Lipinski definition) is 5. The summed E-state index contributed by atoms with van der Waals surface area (Å²) < 4.78 is 24.6. The number of hydrogen-bond donors (Lipinski definition) is 2. The van der Waals surface area contributed by atoms with E-state index in [0.717, 1.165) is 12.8 Å². The topological polar surface area (TPSA) is 97.0 Å². The van der Waals surface area contributed by atoms with Gasteiger partial charge in [-0.2, -0.15) is 0 Å². The molecule has 0 radical (unpaired) electrons. The number of carbonyl (C=O) groups excluding carboxylic acids is 3. The molecule has 1 spiro atoms. The fraction of sp³-hybridized carbons (Fsp3) is 0.640. The zero-order valence-electron chi connectivity index (χ0n) is 19.9. The third-order valence-electron chi connectivity index (χ3n) is 6.66. The van der Waals surface area contributed by atoms with E-state index in [1.807, 2.05) is 0 Å². The quantitative estimate of drug-likeness (QED) is 0.635. The van der Waals surface area contributed by atoms with E-state index in [9.17, 15) is 18.8 Å². The molecule has 3 amide bonds. The summed E-state index contributed by atoms with van der Waals surface area (Å²) in [4.78, 5) is 40.0. The molecule has 0 unspecified atom stereocenters. The van der Waals surface area contributed by atoms with Gasteiger partial charge in [-0.25, -0.2) is 4.39 Å². The molecule has 2 N–H and O–H groups in total. The second kappa shape index (κ2) is 12.7. The Labute approximate surface area is 200 Å². The maximum Gasteiger partial charge on any atom is 0.242 e. The maximum absolute atomic E-state index is 13.6. The van der Waals surface area contributed by atoms with Crippen LogP contribution in [0.5, 0.6) is 5.75 Å². The van der Waals surface area contributed by atoms with Gasteiger partial charge in [0.2, 0.25) is 17.7 Å². The molecular formula is C25H36FN3O5. The van der Waals surface area contributed by atoms with Gasteiger partial charge in [0.15, 0.2) is 11.6 Å². The van der Waals surface area contributed by atoms with Crippen molar-refractivity contribution in [2.75, 3.05) is 39.5 Å². The molecule has 3 rings (SSSR count). The molecule has 188 valence electrons. The van der Waals surface area contributed by atoms with E-state index in [4.69, 9.17) is 9.47 Å². The number of para-hydroxylation sites is 1. The molecule has 0 aromatic heterocycles. The van der Waals surface area contributed by atoms with Crippen LogP contribution < -0.4 is 15.4 Å². The monoisotopic (exact) mass is 477 g/mol. The lowest BCUT2D eigenvalue weighted by Gasteiger charge is -2.41. The Kier molecular flexibility index (Phi) is 9.68. The average Bonchev–Trinajstić information content (AvgIpc) is 2.84. The van der Waals surface area contributed by atoms with Crippen molar-refractivity contribution in [1.82, 2.24) is 15.5 Å². The number of piperidine rings is 1. The van der Waals surface area contributed by atoms with Gasteiger partial charge in [-0.05, 0) is 51.2 Å². The van der Waals surface area contributed by atoms with E-state index in [0.29, 0.717) is 65.0 Å². The standard InChI is InChI=1S/C25H36FN3O5/c1-19-23(31)27-13-18-33-16-5-4-10-25(24(32)28-19)11-14-29(15-12-25)22(30)9-6-17-34-21-8-3-2-7-20(21)26/h2-3,7-8,19H,4-6,9-18H2,1H3,(H,27,31)(H,28,32)/t19-/m0/s1. The van der Waals surface area contributed by atoms with Crippen molar-refractivity contribution in [3.63, 3.8) is 0 Å². The van der Waals surface area contributed by atoms with Gasteiger partial charge in [0.25, 0.3) is 0 Å². The number of rotatable bonds is 5. The lowest BCUT2D eigenvalue weighted by atomic mass is 9.73. The third kappa shape index (κ3) is 7.16. The summed E-state index contributed by atoms with van der Waals surface area (Å²) in [7, 11) is 0. The Morgan fingerprint density at radius 1 is 1.18 bits per heavy atom. The molecule has 1 aromatic carbocycles. The Morgan fingerprint density at radius 2 is 1.94 bits per heavy atom. The molecular weight excluding hydrogens is 441 g/mol. The summed E-state index contributed by atoms with van der Waals surface area (Å²) >= 11 is 0. The van der Waals surface area contributed by atoms with E-state index in [2.05, 4.69) is 10.6 Å². The first-order valence-corrected chi connectivity index (χ1v) is 12.2. The van der Waals surface area contributed by atoms with Crippen molar-refractivity contribution in [3.05, 3.63) is 30.1 Å². The van der Waals surface area contributed by atoms with E-state index in [1.54, 1.807) is 30.0 Å². The van der Waals surface area contributed by atoms with Gasteiger partial charge >= 0.3 is 0 Å². The Bertz CT molecular complexity index is 842. The first-order chi connectivity index (χ1) is 16.4. The largest absolute Gasteiger partial charge is 0.491 e. The maximum atomic E-state index is 13.6. The van der Waals surface area contributed by atoms with Crippen molar-refractivity contribution < 1.29 is 28.2 Å². The predicted octanol–water partition coefficient (Wildman–Crippen LogP) is 2.41. The molecule has 34 heavy (non-hydrogen) atoms. The minimum absolute atomic E-state index is 0.0122. The number of nitrogens with zero attached hydrogens (tertiary/aromatic N) is 1. The van der Waals surface area contributed by atoms with Crippen molar-refractivity contribution in [1.29, 1.82) is 0 Å². The fourth-order valence-electron chi connectivity index (χ4n) is 4.48. The van der Waals surface area contributed by atoms with Crippen molar-refractivity contribution in [2.24, 2.45) is 5.41 Å². The van der Waals surface area contributed by atoms with Gasteiger partial charge in [-0.1, -0.05) is 18.6 Å². The zero-order chi connectivity index (χ0) is 24.4. The van der Waals surface area contributed by atoms with Crippen LogP contribution in [0.1, 0.15) is 51.9 Å². The first kappa shape index (κ1) is 25.9. The lowest BCUT2D eigenvalue weighted by Crippen LogP contribution is -2.54. The highest BCUT2D eigenvalue weighted by Gasteiger charge is 2.42. The van der Waals surface area contributed by atoms with Crippen LogP contribution in [0, 0.1) is 11.2 Å². The fourth-order valence-corrected chi connectivity index (χ4v) is 4.48. The van der Waals surface area contributed by atoms with Crippen LogP contribution in [-0.2, 0) is 19.1 Å². The Balaban J connectivity index is 1.50. The molecule has 9 heteroatoms. The molecule has 0 bridgehead atoms. The van der Waals surface area contributed by atoms with Crippen LogP contribution in [0.15, 0.2) is 24.3 Å². The second-order valence-corrected chi connectivity index (χ2v) is 9.10. The molecule has 8 nitrogen and oxygen atoms in total. The molecule has 0 saturated carbocycles. The summed E-state index contributed by atoms with van der Waals surface area (Å²) in [6.45, 7) is 4.42. The summed E-state index contributed by atoms with van der Waals surface area (Å²) in [5, 5.41) is 5.67. The number of benzene rings is 1. The normalized spacial score (nSPS) is 22.1. The van der Waals surface area contributed by atoms with Crippen LogP contribution >= 0.6 is 0 Å². The summed E-state index contributed by atoms with van der Waals surface area (Å²) in [5.41, 5.74) is -0.590. The molecule has 2 fully saturated rings. The van der Waals surface area contributed by atoms with E-state index in [-0.39, 0.29) is 30.1 Å². The second-order valence-electron chi connectivity index (χ2n) is 9.10. The van der Waals surface area contributed by atoms with Gasteiger partial charge in [0, 0.05) is 32.7 Å². The van der Waals surface area contributed by atoms with Crippen molar-refractivity contribution >= 4 is 17.7 Å². The molecule has 2 aliphatic rings. The van der Waals surface area contributed by atoms with E-state index in [1.165, 1.54) is 6.07 Å². The van der Waals surface area contributed by atoms with Crippen molar-refractivity contribution in [2.45, 2.75) is 57.9 Å². The smallest absolute Gasteiger partial charge is 0.242 e. The highest BCUT2D eigenvalue weighted by Crippen LogP contribution is 2.37. The average molecular weight is 478 g/mol. The van der Waals surface area contributed by atoms with Gasteiger partial charge in [0.1, 0.15) is 6.04 Å². The minimum atomic E-state index is -0.626. The van der Waals surface area contributed by atoms with Crippen LogP contribution in [0.4, 0.5) is 4.39 Å². The molecule has 2 saturated heterocycles. The SMILES string of the molecule is C[C@@H]1NC(=O)C2(CCCCOCCNC1=O)CCN(C(=O)CCCOc1ccccc1F)CC2. The number of likely N-dealkylation sites (tertiary alicyclic amines) is 1. The summed E-state index contributed by atoms with van der Waals surface area (Å²) in [6.07, 6.45) is 4.32. The van der Waals surface area contributed by atoms with Gasteiger partial charge in [-0.3, -0.25) is 14.4 Å². The molecule has 1 atom stereocenters. The molecule has 0 aliphatic carbocycles. The first-order valence-electron chi connectivity index (χ1n) is 12.2. The predicted molar refractivity (Wildman–Crippen MR) is 125 cm³/mol. The molecule has 2 aliphatic heterocycles. The van der Waals surface area contributed by atoms with Gasteiger partial charge < -0.3 is 25.0 Å². The van der Waals surface area contributed by atoms with Crippen LogP contribution in [0.25, 0.3) is 0 Å². The van der Waals surface area contributed by atoms with Gasteiger partial charge in [0.05, 0.1) is 18.6 Å². The minimum Gasteiger partial charge on any atom is -0.491 e. The molecule has 1 aromatic rings.